The molecular formula is C14H22ClN3O2. The van der Waals surface area contributed by atoms with Crippen molar-refractivity contribution in [1.29, 1.82) is 0 Å². The van der Waals surface area contributed by atoms with Crippen LogP contribution in [0.3, 0.4) is 0 Å². The van der Waals surface area contributed by atoms with Crippen molar-refractivity contribution >= 4 is 18.3 Å². The maximum atomic E-state index is 12.5. The Kier molecular flexibility index (Phi) is 5.77. The summed E-state index contributed by atoms with van der Waals surface area (Å²) in [7, 11) is 1.65. The van der Waals surface area contributed by atoms with Crippen molar-refractivity contribution in [1.82, 2.24) is 9.47 Å². The molecular weight excluding hydrogens is 278 g/mol. The van der Waals surface area contributed by atoms with E-state index >= 15 is 0 Å². The summed E-state index contributed by atoms with van der Waals surface area (Å²) in [6.07, 6.45) is 3.55. The summed E-state index contributed by atoms with van der Waals surface area (Å²) in [5.74, 6) is 0.579. The zero-order chi connectivity index (χ0) is 14.0. The number of aromatic nitrogens is 1. The number of halogens is 1. The quantitative estimate of drug-likeness (QED) is 0.886. The lowest BCUT2D eigenvalue weighted by atomic mass is 9.92. The van der Waals surface area contributed by atoms with E-state index in [0.29, 0.717) is 18.0 Å². The molecule has 2 rings (SSSR count). The topological polar surface area (TPSA) is 68.3 Å². The highest BCUT2D eigenvalue weighted by atomic mass is 35.5. The predicted octanol–water partition coefficient (Wildman–Crippen LogP) is 1.01. The van der Waals surface area contributed by atoms with Crippen LogP contribution in [0.2, 0.25) is 0 Å². The van der Waals surface area contributed by atoms with Crippen molar-refractivity contribution in [2.45, 2.75) is 25.8 Å². The second-order valence-electron chi connectivity index (χ2n) is 5.38. The van der Waals surface area contributed by atoms with E-state index in [1.54, 1.807) is 19.3 Å². The molecule has 20 heavy (non-hydrogen) atoms. The van der Waals surface area contributed by atoms with Gasteiger partial charge in [0.15, 0.2) is 0 Å². The van der Waals surface area contributed by atoms with Crippen molar-refractivity contribution in [3.8, 4) is 0 Å². The summed E-state index contributed by atoms with van der Waals surface area (Å²) in [5, 5.41) is 0. The number of aryl methyl sites for hydroxylation is 1. The van der Waals surface area contributed by atoms with Crippen LogP contribution >= 0.6 is 12.4 Å². The summed E-state index contributed by atoms with van der Waals surface area (Å²) in [5.41, 5.74) is 6.22. The van der Waals surface area contributed by atoms with E-state index in [1.807, 2.05) is 4.90 Å². The number of likely N-dealkylation sites (tertiary alicyclic amines) is 1. The molecule has 2 unspecified atom stereocenters. The molecule has 1 amide bonds. The number of nitrogens with two attached hydrogens (primary N) is 1. The van der Waals surface area contributed by atoms with Gasteiger partial charge in [0.25, 0.3) is 5.91 Å². The van der Waals surface area contributed by atoms with Crippen LogP contribution < -0.4 is 11.3 Å². The first kappa shape index (κ1) is 16.7. The minimum Gasteiger partial charge on any atom is -0.334 e. The van der Waals surface area contributed by atoms with Gasteiger partial charge in [-0.1, -0.05) is 6.92 Å². The fourth-order valence-electron chi connectivity index (χ4n) is 2.63. The third-order valence-electron chi connectivity index (χ3n) is 3.84. The standard InChI is InChI=1S/C14H21N3O2.ClH/c1-10-5-6-17(12(7-10)8-15)14(19)11-3-4-13(18)16(2)9-11;/h3-4,9-10,12H,5-8,15H2,1-2H3;1H. The third-order valence-corrected chi connectivity index (χ3v) is 3.84. The van der Waals surface area contributed by atoms with E-state index in [9.17, 15) is 9.59 Å². The molecule has 1 aliphatic rings. The maximum absolute atomic E-state index is 12.5. The monoisotopic (exact) mass is 299 g/mol. The zero-order valence-electron chi connectivity index (χ0n) is 11.9. The van der Waals surface area contributed by atoms with Gasteiger partial charge >= 0.3 is 0 Å². The van der Waals surface area contributed by atoms with Crippen LogP contribution in [0, 0.1) is 5.92 Å². The maximum Gasteiger partial charge on any atom is 0.255 e. The second kappa shape index (κ2) is 6.90. The van der Waals surface area contributed by atoms with Crippen LogP contribution in [-0.4, -0.2) is 34.5 Å². The van der Waals surface area contributed by atoms with Crippen molar-refractivity contribution < 1.29 is 4.79 Å². The first-order valence-electron chi connectivity index (χ1n) is 6.70. The molecule has 1 fully saturated rings. The van der Waals surface area contributed by atoms with Gasteiger partial charge in [0.2, 0.25) is 5.56 Å². The van der Waals surface area contributed by atoms with Gasteiger partial charge in [0.05, 0.1) is 5.56 Å². The molecule has 1 aromatic heterocycles. The van der Waals surface area contributed by atoms with Gasteiger partial charge in [0.1, 0.15) is 0 Å². The number of piperidine rings is 1. The average Bonchev–Trinajstić information content (AvgIpc) is 2.41. The van der Waals surface area contributed by atoms with Gasteiger partial charge in [-0.15, -0.1) is 12.4 Å². The Labute approximate surface area is 125 Å². The second-order valence-corrected chi connectivity index (χ2v) is 5.38. The Morgan fingerprint density at radius 2 is 2.15 bits per heavy atom. The number of rotatable bonds is 2. The van der Waals surface area contributed by atoms with Crippen LogP contribution in [0.5, 0.6) is 0 Å². The fourth-order valence-corrected chi connectivity index (χ4v) is 2.63. The van der Waals surface area contributed by atoms with Crippen molar-refractivity contribution in [3.05, 3.63) is 34.2 Å². The number of hydrogen-bond acceptors (Lipinski definition) is 3. The number of carbonyl (C=O) groups excluding carboxylic acids is 1. The van der Waals surface area contributed by atoms with Gasteiger partial charge < -0.3 is 15.2 Å². The van der Waals surface area contributed by atoms with Crippen LogP contribution in [0.4, 0.5) is 0 Å². The average molecular weight is 300 g/mol. The zero-order valence-corrected chi connectivity index (χ0v) is 12.7. The van der Waals surface area contributed by atoms with Crippen molar-refractivity contribution in [3.63, 3.8) is 0 Å². The van der Waals surface area contributed by atoms with E-state index in [-0.39, 0.29) is 29.9 Å². The van der Waals surface area contributed by atoms with Gasteiger partial charge in [-0.2, -0.15) is 0 Å². The summed E-state index contributed by atoms with van der Waals surface area (Å²) in [4.78, 5) is 25.7. The lowest BCUT2D eigenvalue weighted by Crippen LogP contribution is -2.49. The molecule has 5 nitrogen and oxygen atoms in total. The Morgan fingerprint density at radius 3 is 2.75 bits per heavy atom. The molecule has 1 aromatic rings. The van der Waals surface area contributed by atoms with E-state index in [4.69, 9.17) is 5.73 Å². The minimum absolute atomic E-state index is 0. The highest BCUT2D eigenvalue weighted by Crippen LogP contribution is 2.23. The van der Waals surface area contributed by atoms with Crippen LogP contribution in [0.25, 0.3) is 0 Å². The molecule has 0 aromatic carbocycles. The normalized spacial score (nSPS) is 22.2. The molecule has 2 N–H and O–H groups in total. The van der Waals surface area contributed by atoms with Crippen LogP contribution in [0.15, 0.2) is 23.1 Å². The van der Waals surface area contributed by atoms with E-state index in [1.165, 1.54) is 10.6 Å². The largest absolute Gasteiger partial charge is 0.334 e. The Balaban J connectivity index is 0.00000200. The van der Waals surface area contributed by atoms with Gasteiger partial charge in [-0.25, -0.2) is 0 Å². The summed E-state index contributed by atoms with van der Waals surface area (Å²) in [6, 6.07) is 3.13. The summed E-state index contributed by atoms with van der Waals surface area (Å²) >= 11 is 0. The molecule has 112 valence electrons. The molecule has 6 heteroatoms. The number of carbonyl (C=O) groups is 1. The van der Waals surface area contributed by atoms with Gasteiger partial charge in [-0.3, -0.25) is 9.59 Å². The predicted molar refractivity (Wildman–Crippen MR) is 81.2 cm³/mol. The molecule has 2 atom stereocenters. The molecule has 0 radical (unpaired) electrons. The lowest BCUT2D eigenvalue weighted by molar-refractivity contribution is 0.0572. The lowest BCUT2D eigenvalue weighted by Gasteiger charge is -2.38. The summed E-state index contributed by atoms with van der Waals surface area (Å²) in [6.45, 7) is 3.42. The third kappa shape index (κ3) is 3.41. The Morgan fingerprint density at radius 1 is 1.45 bits per heavy atom. The van der Waals surface area contributed by atoms with E-state index in [0.717, 1.165) is 19.4 Å². The number of hydrogen-bond donors (Lipinski definition) is 1. The van der Waals surface area contributed by atoms with Crippen LogP contribution in [-0.2, 0) is 7.05 Å². The molecule has 0 bridgehead atoms. The fraction of sp³-hybridized carbons (Fsp3) is 0.571. The number of pyridine rings is 1. The molecule has 0 saturated carbocycles. The smallest absolute Gasteiger partial charge is 0.255 e. The van der Waals surface area contributed by atoms with E-state index < -0.39 is 0 Å². The Hall–Kier alpha value is -1.33. The number of amides is 1. The van der Waals surface area contributed by atoms with Crippen molar-refractivity contribution in [2.75, 3.05) is 13.1 Å². The SMILES string of the molecule is CC1CCN(C(=O)c2ccc(=O)n(C)c2)C(CN)C1.Cl. The number of nitrogens with zero attached hydrogens (tertiary/aromatic N) is 2. The molecule has 0 spiro atoms. The van der Waals surface area contributed by atoms with Gasteiger partial charge in [-0.05, 0) is 24.8 Å². The Bertz CT molecular complexity index is 529. The minimum atomic E-state index is -0.112. The highest BCUT2D eigenvalue weighted by Gasteiger charge is 2.29. The van der Waals surface area contributed by atoms with Gasteiger partial charge in [0, 0.05) is 38.4 Å². The molecule has 1 saturated heterocycles. The van der Waals surface area contributed by atoms with E-state index in [2.05, 4.69) is 6.92 Å². The van der Waals surface area contributed by atoms with Crippen LogP contribution in [0.1, 0.15) is 30.1 Å². The first-order chi connectivity index (χ1) is 9.02. The highest BCUT2D eigenvalue weighted by molar-refractivity contribution is 5.94. The first-order valence-corrected chi connectivity index (χ1v) is 6.70. The van der Waals surface area contributed by atoms with Crippen molar-refractivity contribution in [2.24, 2.45) is 18.7 Å². The summed E-state index contributed by atoms with van der Waals surface area (Å²) < 4.78 is 1.43. The molecule has 1 aliphatic heterocycles. The molecule has 0 aliphatic carbocycles. The molecule has 2 heterocycles.